The van der Waals surface area contributed by atoms with Crippen LogP contribution in [0.15, 0.2) is 18.3 Å². The van der Waals surface area contributed by atoms with Crippen molar-refractivity contribution in [2.45, 2.75) is 58.5 Å². The van der Waals surface area contributed by atoms with Gasteiger partial charge in [-0.25, -0.2) is 0 Å². The molecule has 2 rings (SSSR count). The van der Waals surface area contributed by atoms with Crippen molar-refractivity contribution < 1.29 is 4.79 Å². The molecule has 1 aliphatic heterocycles. The van der Waals surface area contributed by atoms with E-state index >= 15 is 0 Å². The molecular weight excluding hydrogens is 262 g/mol. The molecule has 2 heterocycles. The van der Waals surface area contributed by atoms with E-state index in [-0.39, 0.29) is 11.9 Å². The first-order valence-electron chi connectivity index (χ1n) is 8.01. The van der Waals surface area contributed by atoms with Crippen LogP contribution in [-0.2, 0) is 11.2 Å². The lowest BCUT2D eigenvalue weighted by atomic mass is 10.0. The molecule has 1 N–H and O–H groups in total. The van der Waals surface area contributed by atoms with Crippen LogP contribution in [0.25, 0.3) is 0 Å². The van der Waals surface area contributed by atoms with Gasteiger partial charge in [-0.1, -0.05) is 12.5 Å². The molecule has 0 radical (unpaired) electrons. The predicted octanol–water partition coefficient (Wildman–Crippen LogP) is 2.31. The fourth-order valence-electron chi connectivity index (χ4n) is 2.87. The quantitative estimate of drug-likeness (QED) is 0.905. The second kappa shape index (κ2) is 7.55. The Morgan fingerprint density at radius 1 is 1.48 bits per heavy atom. The van der Waals surface area contributed by atoms with Gasteiger partial charge >= 0.3 is 0 Å². The van der Waals surface area contributed by atoms with Crippen molar-refractivity contribution >= 4 is 5.91 Å². The van der Waals surface area contributed by atoms with Crippen molar-refractivity contribution in [3.63, 3.8) is 0 Å². The summed E-state index contributed by atoms with van der Waals surface area (Å²) in [5, 5.41) is 3.53. The third-order valence-electron chi connectivity index (χ3n) is 4.21. The number of carbonyl (C=O) groups excluding carboxylic acids is 1. The van der Waals surface area contributed by atoms with Crippen molar-refractivity contribution in [2.75, 3.05) is 13.1 Å². The third-order valence-corrected chi connectivity index (χ3v) is 4.21. The van der Waals surface area contributed by atoms with Gasteiger partial charge in [-0.15, -0.1) is 0 Å². The number of aromatic nitrogens is 1. The van der Waals surface area contributed by atoms with Crippen molar-refractivity contribution in [1.29, 1.82) is 0 Å². The van der Waals surface area contributed by atoms with Crippen molar-refractivity contribution in [1.82, 2.24) is 15.2 Å². The molecule has 1 unspecified atom stereocenters. The summed E-state index contributed by atoms with van der Waals surface area (Å²) in [6, 6.07) is 4.59. The SMILES string of the molecule is Cc1cccnc1CC(=O)N(CC1CCCCN1)C(C)C. The maximum Gasteiger partial charge on any atom is 0.228 e. The first kappa shape index (κ1) is 16.0. The molecule has 1 amide bonds. The molecule has 0 bridgehead atoms. The summed E-state index contributed by atoms with van der Waals surface area (Å²) in [6.45, 7) is 8.07. The number of nitrogens with one attached hydrogen (secondary N) is 1. The van der Waals surface area contributed by atoms with Gasteiger partial charge in [-0.2, -0.15) is 0 Å². The fourth-order valence-corrected chi connectivity index (χ4v) is 2.87. The van der Waals surface area contributed by atoms with Gasteiger partial charge in [0.1, 0.15) is 0 Å². The lowest BCUT2D eigenvalue weighted by Crippen LogP contribution is -2.48. The fraction of sp³-hybridized carbons (Fsp3) is 0.647. The van der Waals surface area contributed by atoms with Crippen LogP contribution in [0.5, 0.6) is 0 Å². The Hall–Kier alpha value is -1.42. The summed E-state index contributed by atoms with van der Waals surface area (Å²) in [4.78, 5) is 19.0. The van der Waals surface area contributed by atoms with Crippen LogP contribution < -0.4 is 5.32 Å². The van der Waals surface area contributed by atoms with Crippen LogP contribution in [0.2, 0.25) is 0 Å². The zero-order valence-electron chi connectivity index (χ0n) is 13.4. The first-order chi connectivity index (χ1) is 10.1. The minimum atomic E-state index is 0.180. The largest absolute Gasteiger partial charge is 0.338 e. The van der Waals surface area contributed by atoms with Crippen LogP contribution in [0.4, 0.5) is 0 Å². The van der Waals surface area contributed by atoms with Crippen LogP contribution in [0.3, 0.4) is 0 Å². The van der Waals surface area contributed by atoms with E-state index in [4.69, 9.17) is 0 Å². The number of rotatable bonds is 5. The smallest absolute Gasteiger partial charge is 0.228 e. The molecule has 1 aromatic rings. The van der Waals surface area contributed by atoms with E-state index in [0.717, 1.165) is 24.3 Å². The van der Waals surface area contributed by atoms with Crippen LogP contribution >= 0.6 is 0 Å². The molecule has 0 spiro atoms. The Morgan fingerprint density at radius 2 is 2.29 bits per heavy atom. The van der Waals surface area contributed by atoms with Crippen molar-refractivity contribution in [3.8, 4) is 0 Å². The third kappa shape index (κ3) is 4.53. The van der Waals surface area contributed by atoms with Crippen LogP contribution in [0, 0.1) is 6.92 Å². The highest BCUT2D eigenvalue weighted by Gasteiger charge is 2.23. The Kier molecular flexibility index (Phi) is 5.74. The minimum absolute atomic E-state index is 0.180. The molecule has 116 valence electrons. The first-order valence-corrected chi connectivity index (χ1v) is 8.01. The molecule has 1 saturated heterocycles. The maximum absolute atomic E-state index is 12.6. The summed E-state index contributed by atoms with van der Waals surface area (Å²) in [5.74, 6) is 0.180. The molecule has 4 heteroatoms. The van der Waals surface area contributed by atoms with E-state index in [1.165, 1.54) is 19.3 Å². The van der Waals surface area contributed by atoms with Crippen LogP contribution in [0.1, 0.15) is 44.4 Å². The number of aryl methyl sites for hydroxylation is 1. The van der Waals surface area contributed by atoms with Crippen molar-refractivity contribution in [3.05, 3.63) is 29.6 Å². The zero-order valence-corrected chi connectivity index (χ0v) is 13.4. The van der Waals surface area contributed by atoms with Crippen LogP contribution in [-0.4, -0.2) is 41.0 Å². The van der Waals surface area contributed by atoms with Gasteiger partial charge in [0, 0.05) is 24.8 Å². The number of hydrogen-bond donors (Lipinski definition) is 1. The molecule has 21 heavy (non-hydrogen) atoms. The van der Waals surface area contributed by atoms with Crippen molar-refractivity contribution in [2.24, 2.45) is 0 Å². The van der Waals surface area contributed by atoms with E-state index in [9.17, 15) is 4.79 Å². The van der Waals surface area contributed by atoms with E-state index in [1.54, 1.807) is 6.20 Å². The van der Waals surface area contributed by atoms with Gasteiger partial charge in [0.2, 0.25) is 5.91 Å². The van der Waals surface area contributed by atoms with E-state index in [0.29, 0.717) is 12.5 Å². The predicted molar refractivity (Wildman–Crippen MR) is 85.2 cm³/mol. The Bertz CT molecular complexity index is 467. The van der Waals surface area contributed by atoms with Gasteiger partial charge in [0.15, 0.2) is 0 Å². The Balaban J connectivity index is 2.00. The Morgan fingerprint density at radius 3 is 2.90 bits per heavy atom. The summed E-state index contributed by atoms with van der Waals surface area (Å²) in [5.41, 5.74) is 1.98. The Labute approximate surface area is 127 Å². The lowest BCUT2D eigenvalue weighted by molar-refractivity contribution is -0.132. The second-order valence-corrected chi connectivity index (χ2v) is 6.23. The number of amides is 1. The number of nitrogens with zero attached hydrogens (tertiary/aromatic N) is 2. The molecule has 1 atom stereocenters. The molecular formula is C17H27N3O. The highest BCUT2D eigenvalue weighted by Crippen LogP contribution is 2.13. The average Bonchev–Trinajstić information content (AvgIpc) is 2.48. The van der Waals surface area contributed by atoms with Gasteiger partial charge in [0.05, 0.1) is 12.1 Å². The maximum atomic E-state index is 12.6. The topological polar surface area (TPSA) is 45.2 Å². The molecule has 0 aliphatic carbocycles. The molecule has 0 saturated carbocycles. The molecule has 1 fully saturated rings. The van der Waals surface area contributed by atoms with E-state index in [1.807, 2.05) is 24.0 Å². The van der Waals surface area contributed by atoms with Gasteiger partial charge in [-0.3, -0.25) is 9.78 Å². The molecule has 1 aromatic heterocycles. The average molecular weight is 289 g/mol. The number of piperidine rings is 1. The van der Waals surface area contributed by atoms with E-state index < -0.39 is 0 Å². The lowest BCUT2D eigenvalue weighted by Gasteiger charge is -2.33. The highest BCUT2D eigenvalue weighted by atomic mass is 16.2. The summed E-state index contributed by atoms with van der Waals surface area (Å²) >= 11 is 0. The normalized spacial score (nSPS) is 18.8. The highest BCUT2D eigenvalue weighted by molar-refractivity contribution is 5.79. The van der Waals surface area contributed by atoms with E-state index in [2.05, 4.69) is 24.1 Å². The minimum Gasteiger partial charge on any atom is -0.338 e. The van der Waals surface area contributed by atoms with Gasteiger partial charge in [0.25, 0.3) is 0 Å². The molecule has 1 aliphatic rings. The summed E-state index contributed by atoms with van der Waals surface area (Å²) in [6.07, 6.45) is 5.84. The number of carbonyl (C=O) groups is 1. The molecule has 4 nitrogen and oxygen atoms in total. The second-order valence-electron chi connectivity index (χ2n) is 6.23. The van der Waals surface area contributed by atoms with Gasteiger partial charge < -0.3 is 10.2 Å². The molecule has 0 aromatic carbocycles. The monoisotopic (exact) mass is 289 g/mol. The standard InChI is InChI=1S/C17H27N3O/c1-13(2)20(12-15-8-4-5-9-18-15)17(21)11-16-14(3)7-6-10-19-16/h6-7,10,13,15,18H,4-5,8-9,11-12H2,1-3H3. The number of pyridine rings is 1. The van der Waals surface area contributed by atoms with Gasteiger partial charge in [-0.05, 0) is 51.8 Å². The zero-order chi connectivity index (χ0) is 15.2. The summed E-state index contributed by atoms with van der Waals surface area (Å²) in [7, 11) is 0. The number of hydrogen-bond acceptors (Lipinski definition) is 3. The summed E-state index contributed by atoms with van der Waals surface area (Å²) < 4.78 is 0.